The number of halogens is 2. The van der Waals surface area contributed by atoms with Crippen LogP contribution >= 0.6 is 34.5 Å². The summed E-state index contributed by atoms with van der Waals surface area (Å²) in [7, 11) is 0. The summed E-state index contributed by atoms with van der Waals surface area (Å²) >= 11 is 13.4. The monoisotopic (exact) mass is 425 g/mol. The predicted octanol–water partition coefficient (Wildman–Crippen LogP) is 3.85. The van der Waals surface area contributed by atoms with Gasteiger partial charge in [0.1, 0.15) is 16.8 Å². The third kappa shape index (κ3) is 3.61. The van der Waals surface area contributed by atoms with Gasteiger partial charge in [-0.25, -0.2) is 0 Å². The Hall–Kier alpha value is -2.83. The molecule has 0 unspecified atom stereocenters. The standard InChI is InChI=1S/C21H13Cl2N3OS/c1-12-6-7-17(13(2)8-12)26-20(27)18(28-21(26)15(10-24)11-25)9-14-4-3-5-16(22)19(14)23/h3-9H,1-2H3. The molecule has 0 radical (unpaired) electrons. The molecule has 0 saturated carbocycles. The molecule has 0 aliphatic carbocycles. The van der Waals surface area contributed by atoms with Gasteiger partial charge in [-0.2, -0.15) is 10.5 Å². The van der Waals surface area contributed by atoms with E-state index in [1.807, 2.05) is 44.2 Å². The van der Waals surface area contributed by atoms with Crippen LogP contribution in [0.4, 0.5) is 0 Å². The fourth-order valence-electron chi connectivity index (χ4n) is 2.82. The summed E-state index contributed by atoms with van der Waals surface area (Å²) < 4.78 is 2.04. The number of benzene rings is 2. The maximum atomic E-state index is 13.2. The van der Waals surface area contributed by atoms with Crippen LogP contribution in [0.15, 0.2) is 41.2 Å². The number of aryl methyl sites for hydroxylation is 2. The second-order valence-electron chi connectivity index (χ2n) is 6.09. The second-order valence-corrected chi connectivity index (χ2v) is 7.90. The first kappa shape index (κ1) is 19.9. The summed E-state index contributed by atoms with van der Waals surface area (Å²) in [6, 6.07) is 14.5. The van der Waals surface area contributed by atoms with Gasteiger partial charge in [-0.05, 0) is 43.2 Å². The molecule has 0 aliphatic rings. The fraction of sp³-hybridized carbons (Fsp3) is 0.0952. The number of rotatable bonds is 2. The maximum Gasteiger partial charge on any atom is 0.273 e. The van der Waals surface area contributed by atoms with Crippen molar-refractivity contribution in [2.24, 2.45) is 0 Å². The van der Waals surface area contributed by atoms with Gasteiger partial charge >= 0.3 is 0 Å². The van der Waals surface area contributed by atoms with Crippen LogP contribution < -0.4 is 14.8 Å². The highest BCUT2D eigenvalue weighted by atomic mass is 35.5. The van der Waals surface area contributed by atoms with Crippen molar-refractivity contribution in [1.29, 1.82) is 10.5 Å². The minimum absolute atomic E-state index is 0.126. The van der Waals surface area contributed by atoms with Gasteiger partial charge in [-0.1, -0.05) is 53.0 Å². The van der Waals surface area contributed by atoms with Gasteiger partial charge in [0.2, 0.25) is 0 Å². The first-order valence-corrected chi connectivity index (χ1v) is 9.74. The Labute approximate surface area is 175 Å². The minimum atomic E-state index is -0.328. The van der Waals surface area contributed by atoms with E-state index < -0.39 is 0 Å². The Morgan fingerprint density at radius 3 is 2.50 bits per heavy atom. The van der Waals surface area contributed by atoms with E-state index in [0.717, 1.165) is 22.5 Å². The molecule has 0 amide bonds. The summed E-state index contributed by atoms with van der Waals surface area (Å²) in [6.07, 6.45) is 1.62. The Balaban J connectivity index is 2.45. The van der Waals surface area contributed by atoms with Crippen LogP contribution in [0, 0.1) is 36.5 Å². The normalized spacial score (nSPS) is 11.1. The van der Waals surface area contributed by atoms with Crippen molar-refractivity contribution in [3.63, 3.8) is 0 Å². The van der Waals surface area contributed by atoms with Crippen LogP contribution in [0.5, 0.6) is 0 Å². The van der Waals surface area contributed by atoms with Crippen LogP contribution in [0.2, 0.25) is 10.0 Å². The molecule has 7 heteroatoms. The van der Waals surface area contributed by atoms with Gasteiger partial charge in [0, 0.05) is 0 Å². The molecule has 0 fully saturated rings. The average molecular weight is 426 g/mol. The number of hydrogen-bond acceptors (Lipinski definition) is 4. The van der Waals surface area contributed by atoms with Crippen molar-refractivity contribution < 1.29 is 0 Å². The van der Waals surface area contributed by atoms with Crippen LogP contribution in [-0.4, -0.2) is 4.57 Å². The maximum absolute atomic E-state index is 13.2. The summed E-state index contributed by atoms with van der Waals surface area (Å²) in [6.45, 7) is 3.84. The average Bonchev–Trinajstić information content (AvgIpc) is 2.97. The van der Waals surface area contributed by atoms with Crippen molar-refractivity contribution in [2.75, 3.05) is 0 Å². The largest absolute Gasteiger partial charge is 0.273 e. The molecule has 0 spiro atoms. The zero-order valence-corrected chi connectivity index (χ0v) is 17.3. The third-order valence-electron chi connectivity index (χ3n) is 4.12. The molecule has 0 saturated heterocycles. The topological polar surface area (TPSA) is 69.6 Å². The summed E-state index contributed by atoms with van der Waals surface area (Å²) in [5, 5.41) is 19.4. The first-order chi connectivity index (χ1) is 13.4. The predicted molar refractivity (Wildman–Crippen MR) is 113 cm³/mol. The molecule has 138 valence electrons. The highest BCUT2D eigenvalue weighted by molar-refractivity contribution is 7.07. The van der Waals surface area contributed by atoms with E-state index in [2.05, 4.69) is 0 Å². The molecule has 2 aromatic carbocycles. The highest BCUT2D eigenvalue weighted by Crippen LogP contribution is 2.25. The molecule has 1 heterocycles. The molecular formula is C21H13Cl2N3OS. The van der Waals surface area contributed by atoms with Crippen LogP contribution in [-0.2, 0) is 0 Å². The van der Waals surface area contributed by atoms with Gasteiger partial charge in [0.25, 0.3) is 5.56 Å². The molecule has 0 aliphatic heterocycles. The fourth-order valence-corrected chi connectivity index (χ4v) is 4.22. The zero-order valence-electron chi connectivity index (χ0n) is 15.0. The molecule has 0 bridgehead atoms. The lowest BCUT2D eigenvalue weighted by Crippen LogP contribution is -2.31. The molecule has 0 N–H and O–H groups in total. The van der Waals surface area contributed by atoms with Gasteiger partial charge in [0.15, 0.2) is 5.57 Å². The number of nitrogens with zero attached hydrogens (tertiary/aromatic N) is 3. The third-order valence-corrected chi connectivity index (χ3v) is 6.05. The van der Waals surface area contributed by atoms with Crippen molar-refractivity contribution in [3.05, 3.63) is 82.7 Å². The van der Waals surface area contributed by atoms with Gasteiger partial charge in [-0.3, -0.25) is 9.36 Å². The van der Waals surface area contributed by atoms with E-state index in [4.69, 9.17) is 23.2 Å². The summed E-state index contributed by atoms with van der Waals surface area (Å²) in [5.41, 5.74) is 2.67. The lowest BCUT2D eigenvalue weighted by atomic mass is 10.1. The van der Waals surface area contributed by atoms with E-state index in [-0.39, 0.29) is 15.8 Å². The Kier molecular flexibility index (Phi) is 5.72. The minimum Gasteiger partial charge on any atom is -0.267 e. The Morgan fingerprint density at radius 2 is 1.86 bits per heavy atom. The van der Waals surface area contributed by atoms with E-state index in [9.17, 15) is 15.3 Å². The van der Waals surface area contributed by atoms with Gasteiger partial charge < -0.3 is 0 Å². The summed E-state index contributed by atoms with van der Waals surface area (Å²) in [4.78, 5) is 13.2. The Bertz CT molecular complexity index is 1340. The smallest absolute Gasteiger partial charge is 0.267 e. The number of aromatic nitrogens is 1. The van der Waals surface area contributed by atoms with Crippen LogP contribution in [0.25, 0.3) is 17.3 Å². The van der Waals surface area contributed by atoms with Crippen LogP contribution in [0.3, 0.4) is 0 Å². The lowest BCUT2D eigenvalue weighted by Gasteiger charge is -2.07. The van der Waals surface area contributed by atoms with Crippen LogP contribution in [0.1, 0.15) is 16.7 Å². The molecular weight excluding hydrogens is 413 g/mol. The molecule has 3 rings (SSSR count). The van der Waals surface area contributed by atoms with Gasteiger partial charge in [-0.15, -0.1) is 11.3 Å². The summed E-state index contributed by atoms with van der Waals surface area (Å²) in [5.74, 6) is 0. The molecule has 0 atom stereocenters. The zero-order chi connectivity index (χ0) is 20.4. The highest BCUT2D eigenvalue weighted by Gasteiger charge is 2.13. The first-order valence-electron chi connectivity index (χ1n) is 8.17. The van der Waals surface area contributed by atoms with E-state index in [1.54, 1.807) is 24.3 Å². The number of hydrogen-bond donors (Lipinski definition) is 0. The lowest BCUT2D eigenvalue weighted by molar-refractivity contribution is 0.973. The quantitative estimate of drug-likeness (QED) is 0.625. The second kappa shape index (κ2) is 8.04. The SMILES string of the molecule is Cc1ccc(-n2c(=C(C#N)C#N)sc(=Cc3cccc(Cl)c3Cl)c2=O)c(C)c1. The van der Waals surface area contributed by atoms with Gasteiger partial charge in [0.05, 0.1) is 20.3 Å². The molecule has 1 aromatic heterocycles. The molecule has 28 heavy (non-hydrogen) atoms. The van der Waals surface area contributed by atoms with E-state index in [1.165, 1.54) is 4.57 Å². The van der Waals surface area contributed by atoms with E-state index in [0.29, 0.717) is 25.8 Å². The molecule has 3 aromatic rings. The molecule has 4 nitrogen and oxygen atoms in total. The van der Waals surface area contributed by atoms with Crippen molar-refractivity contribution in [2.45, 2.75) is 13.8 Å². The van der Waals surface area contributed by atoms with E-state index >= 15 is 0 Å². The van der Waals surface area contributed by atoms with Crippen molar-refractivity contribution in [3.8, 4) is 17.8 Å². The van der Waals surface area contributed by atoms with Crippen molar-refractivity contribution >= 4 is 46.2 Å². The number of thiazole rings is 1. The van der Waals surface area contributed by atoms with Crippen molar-refractivity contribution in [1.82, 2.24) is 4.57 Å². The number of nitriles is 2. The Morgan fingerprint density at radius 1 is 1.14 bits per heavy atom.